The molecule has 0 radical (unpaired) electrons. The fourth-order valence-electron chi connectivity index (χ4n) is 5.22. The molecule has 2 aliphatic rings. The lowest BCUT2D eigenvalue weighted by Gasteiger charge is -2.37. The third-order valence-corrected chi connectivity index (χ3v) is 7.31. The third kappa shape index (κ3) is 5.06. The Kier molecular flexibility index (Phi) is 7.47. The number of carbonyl (C=O) groups excluding carboxylic acids is 2. The molecular formula is C25H34N4O6. The molecule has 10 nitrogen and oxygen atoms in total. The molecule has 2 heterocycles. The fraction of sp³-hybridized carbons (Fsp3) is 0.600. The number of nitrogens with zero attached hydrogens (tertiary/aromatic N) is 4. The van der Waals surface area contributed by atoms with Crippen molar-refractivity contribution in [1.82, 2.24) is 18.9 Å². The molecule has 2 amide bonds. The van der Waals surface area contributed by atoms with Crippen LogP contribution in [0.15, 0.2) is 27.8 Å². The molecular weight excluding hydrogens is 452 g/mol. The van der Waals surface area contributed by atoms with Gasteiger partial charge in [0.25, 0.3) is 5.56 Å². The number of hydrogen-bond acceptors (Lipinski definition) is 6. The van der Waals surface area contributed by atoms with E-state index in [0.717, 1.165) is 25.7 Å². The van der Waals surface area contributed by atoms with Crippen molar-refractivity contribution in [1.29, 1.82) is 0 Å². The van der Waals surface area contributed by atoms with Crippen LogP contribution in [-0.2, 0) is 23.1 Å². The number of fused-ring (bicyclic) bond motifs is 1. The Hall–Kier alpha value is -3.30. The van der Waals surface area contributed by atoms with E-state index in [-0.39, 0.29) is 35.1 Å². The average Bonchev–Trinajstić information content (AvgIpc) is 2.89. The molecule has 0 N–H and O–H groups in total. The van der Waals surface area contributed by atoms with Crippen molar-refractivity contribution >= 4 is 22.9 Å². The minimum atomic E-state index is -0.328. The molecule has 0 atom stereocenters. The SMILES string of the molecule is CCOC(=O)N1CCN(C(=O)C2CCC(Cn3c(=O)c4cc(OC)ccc4n(C)c3=O)CC2)CC1. The summed E-state index contributed by atoms with van der Waals surface area (Å²) < 4.78 is 13.1. The summed E-state index contributed by atoms with van der Waals surface area (Å²) in [6, 6.07) is 5.14. The molecule has 1 aliphatic heterocycles. The number of aryl methyl sites for hydroxylation is 1. The lowest BCUT2D eigenvalue weighted by atomic mass is 9.81. The maximum Gasteiger partial charge on any atom is 0.409 e. The van der Waals surface area contributed by atoms with Crippen molar-refractivity contribution in [2.75, 3.05) is 39.9 Å². The Morgan fingerprint density at radius 1 is 1.00 bits per heavy atom. The zero-order chi connectivity index (χ0) is 25.1. The molecule has 2 aromatic rings. The van der Waals surface area contributed by atoms with Crippen LogP contribution in [-0.4, -0.2) is 70.8 Å². The van der Waals surface area contributed by atoms with E-state index in [1.807, 2.05) is 4.90 Å². The number of carbonyl (C=O) groups is 2. The quantitative estimate of drug-likeness (QED) is 0.639. The van der Waals surface area contributed by atoms with E-state index in [0.29, 0.717) is 56.0 Å². The van der Waals surface area contributed by atoms with Gasteiger partial charge in [-0.1, -0.05) is 0 Å². The van der Waals surface area contributed by atoms with Crippen LogP contribution in [0.1, 0.15) is 32.6 Å². The maximum atomic E-state index is 13.1. The number of amides is 2. The molecule has 0 unspecified atom stereocenters. The summed E-state index contributed by atoms with van der Waals surface area (Å²) in [6.45, 7) is 4.47. The molecule has 0 spiro atoms. The normalized spacial score (nSPS) is 20.7. The van der Waals surface area contributed by atoms with Gasteiger partial charge < -0.3 is 19.3 Å². The predicted octanol–water partition coefficient (Wildman–Crippen LogP) is 1.82. The fourth-order valence-corrected chi connectivity index (χ4v) is 5.22. The number of hydrogen-bond donors (Lipinski definition) is 0. The minimum Gasteiger partial charge on any atom is -0.497 e. The van der Waals surface area contributed by atoms with Crippen LogP contribution in [0.2, 0.25) is 0 Å². The van der Waals surface area contributed by atoms with Gasteiger partial charge in [-0.25, -0.2) is 9.59 Å². The van der Waals surface area contributed by atoms with Crippen LogP contribution in [0.4, 0.5) is 4.79 Å². The maximum absolute atomic E-state index is 13.1. The minimum absolute atomic E-state index is 0.0548. The van der Waals surface area contributed by atoms with Gasteiger partial charge in [0.15, 0.2) is 0 Å². The average molecular weight is 487 g/mol. The number of benzene rings is 1. The number of piperazine rings is 1. The van der Waals surface area contributed by atoms with Crippen LogP contribution < -0.4 is 16.0 Å². The second-order valence-electron chi connectivity index (χ2n) is 9.37. The highest BCUT2D eigenvalue weighted by molar-refractivity contribution is 5.80. The first-order valence-corrected chi connectivity index (χ1v) is 12.3. The van der Waals surface area contributed by atoms with E-state index in [9.17, 15) is 19.2 Å². The molecule has 190 valence electrons. The van der Waals surface area contributed by atoms with Crippen molar-refractivity contribution < 1.29 is 19.1 Å². The zero-order valence-electron chi connectivity index (χ0n) is 20.7. The summed E-state index contributed by atoms with van der Waals surface area (Å²) in [4.78, 5) is 54.5. The Labute approximate surface area is 204 Å². The first kappa shape index (κ1) is 24.8. The molecule has 1 aliphatic carbocycles. The Morgan fingerprint density at radius 3 is 2.29 bits per heavy atom. The molecule has 1 saturated heterocycles. The standard InChI is InChI=1S/C25H34N4O6/c1-4-35-25(33)28-13-11-27(12-14-28)22(30)18-7-5-17(6-8-18)16-29-23(31)20-15-19(34-3)9-10-21(20)26(2)24(29)32/h9-10,15,17-18H,4-8,11-14,16H2,1-3H3. The zero-order valence-corrected chi connectivity index (χ0v) is 20.7. The molecule has 35 heavy (non-hydrogen) atoms. The van der Waals surface area contributed by atoms with Crippen molar-refractivity contribution in [3.8, 4) is 5.75 Å². The monoisotopic (exact) mass is 486 g/mol. The van der Waals surface area contributed by atoms with Crippen molar-refractivity contribution in [2.24, 2.45) is 18.9 Å². The smallest absolute Gasteiger partial charge is 0.409 e. The number of methoxy groups -OCH3 is 1. The summed E-state index contributed by atoms with van der Waals surface area (Å²) in [5, 5.41) is 0.456. The van der Waals surface area contributed by atoms with Crippen LogP contribution in [0.25, 0.3) is 10.9 Å². The van der Waals surface area contributed by atoms with Crippen LogP contribution in [0.5, 0.6) is 5.75 Å². The van der Waals surface area contributed by atoms with Crippen LogP contribution >= 0.6 is 0 Å². The largest absolute Gasteiger partial charge is 0.497 e. The van der Waals surface area contributed by atoms with Gasteiger partial charge in [0.1, 0.15) is 5.75 Å². The van der Waals surface area contributed by atoms with E-state index in [1.165, 1.54) is 9.13 Å². The van der Waals surface area contributed by atoms with E-state index in [2.05, 4.69) is 0 Å². The Bertz CT molecular complexity index is 1200. The summed E-state index contributed by atoms with van der Waals surface area (Å²) in [7, 11) is 3.21. The number of rotatable bonds is 5. The second kappa shape index (κ2) is 10.5. The number of aromatic nitrogens is 2. The first-order valence-electron chi connectivity index (χ1n) is 12.3. The van der Waals surface area contributed by atoms with Gasteiger partial charge in [0, 0.05) is 45.7 Å². The Balaban J connectivity index is 1.37. The second-order valence-corrected chi connectivity index (χ2v) is 9.37. The highest BCUT2D eigenvalue weighted by Crippen LogP contribution is 2.31. The third-order valence-electron chi connectivity index (χ3n) is 7.31. The summed E-state index contributed by atoms with van der Waals surface area (Å²) in [6.07, 6.45) is 2.71. The lowest BCUT2D eigenvalue weighted by molar-refractivity contribution is -0.138. The van der Waals surface area contributed by atoms with Crippen molar-refractivity contribution in [3.63, 3.8) is 0 Å². The highest BCUT2D eigenvalue weighted by Gasteiger charge is 2.32. The molecule has 2 fully saturated rings. The van der Waals surface area contributed by atoms with Crippen LogP contribution in [0, 0.1) is 11.8 Å². The molecule has 0 bridgehead atoms. The van der Waals surface area contributed by atoms with Gasteiger partial charge >= 0.3 is 11.8 Å². The van der Waals surface area contributed by atoms with E-state index >= 15 is 0 Å². The summed E-state index contributed by atoms with van der Waals surface area (Å²) >= 11 is 0. The lowest BCUT2D eigenvalue weighted by Crippen LogP contribution is -2.52. The van der Waals surface area contributed by atoms with Gasteiger partial charge in [-0.05, 0) is 56.7 Å². The van der Waals surface area contributed by atoms with E-state index in [4.69, 9.17) is 9.47 Å². The first-order chi connectivity index (χ1) is 16.8. The van der Waals surface area contributed by atoms with Crippen molar-refractivity contribution in [3.05, 3.63) is 39.0 Å². The van der Waals surface area contributed by atoms with Crippen molar-refractivity contribution in [2.45, 2.75) is 39.2 Å². The van der Waals surface area contributed by atoms with Gasteiger partial charge in [-0.2, -0.15) is 0 Å². The summed E-state index contributed by atoms with van der Waals surface area (Å²) in [5.41, 5.74) is -0.0561. The molecule has 4 rings (SSSR count). The number of ether oxygens (including phenoxy) is 2. The topological polar surface area (TPSA) is 103 Å². The van der Waals surface area contributed by atoms with Gasteiger partial charge in [0.05, 0.1) is 24.6 Å². The van der Waals surface area contributed by atoms with Crippen LogP contribution in [0.3, 0.4) is 0 Å². The van der Waals surface area contributed by atoms with Gasteiger partial charge in [-0.15, -0.1) is 0 Å². The van der Waals surface area contributed by atoms with E-state index in [1.54, 1.807) is 44.2 Å². The van der Waals surface area contributed by atoms with E-state index < -0.39 is 0 Å². The van der Waals surface area contributed by atoms with Gasteiger partial charge in [-0.3, -0.25) is 18.7 Å². The highest BCUT2D eigenvalue weighted by atomic mass is 16.6. The molecule has 1 saturated carbocycles. The summed E-state index contributed by atoms with van der Waals surface area (Å²) in [5.74, 6) is 0.814. The Morgan fingerprint density at radius 2 is 1.66 bits per heavy atom. The molecule has 1 aromatic carbocycles. The molecule has 1 aromatic heterocycles. The predicted molar refractivity (Wildman–Crippen MR) is 131 cm³/mol. The van der Waals surface area contributed by atoms with Gasteiger partial charge in [0.2, 0.25) is 5.91 Å². The molecule has 10 heteroatoms.